The zero-order valence-corrected chi connectivity index (χ0v) is 10.2. The number of aromatic nitrogens is 1. The van der Waals surface area contributed by atoms with Gasteiger partial charge in [-0.1, -0.05) is 13.8 Å². The van der Waals surface area contributed by atoms with Gasteiger partial charge in [-0.15, -0.1) is 0 Å². The third-order valence-electron chi connectivity index (χ3n) is 2.61. The lowest BCUT2D eigenvalue weighted by Gasteiger charge is -2.17. The van der Waals surface area contributed by atoms with E-state index in [2.05, 4.69) is 29.0 Å². The minimum atomic E-state index is -0.729. The van der Waals surface area contributed by atoms with E-state index in [9.17, 15) is 9.18 Å². The molecule has 0 aliphatic heterocycles. The van der Waals surface area contributed by atoms with Gasteiger partial charge in [0, 0.05) is 19.3 Å². The number of likely N-dealkylation sites (N-methyl/N-ethyl adjacent to an activating group) is 1. The Morgan fingerprint density at radius 1 is 1.47 bits per heavy atom. The van der Waals surface area contributed by atoms with Crippen LogP contribution in [0.25, 0.3) is 0 Å². The largest absolute Gasteiger partial charge is 0.351 e. The molecule has 0 saturated carbocycles. The second kappa shape index (κ2) is 6.96. The Morgan fingerprint density at radius 3 is 2.76 bits per heavy atom. The highest BCUT2D eigenvalue weighted by molar-refractivity contribution is 5.94. The zero-order valence-electron chi connectivity index (χ0n) is 10.2. The number of nitrogens with one attached hydrogen (secondary N) is 1. The van der Waals surface area contributed by atoms with Crippen molar-refractivity contribution in [1.82, 2.24) is 15.2 Å². The van der Waals surface area contributed by atoms with Gasteiger partial charge < -0.3 is 10.2 Å². The summed E-state index contributed by atoms with van der Waals surface area (Å²) in [5, 5.41) is 2.68. The van der Waals surface area contributed by atoms with E-state index >= 15 is 0 Å². The van der Waals surface area contributed by atoms with Gasteiger partial charge in [-0.25, -0.2) is 4.98 Å². The highest BCUT2D eigenvalue weighted by Gasteiger charge is 2.11. The monoisotopic (exact) mass is 238 g/mol. The number of halogens is 1. The number of carbonyl (C=O) groups excluding carboxylic acids is 1. The van der Waals surface area contributed by atoms with Crippen molar-refractivity contribution in [2.24, 2.45) is 0 Å². The van der Waals surface area contributed by atoms with Crippen molar-refractivity contribution in [3.8, 4) is 0 Å². The minimum absolute atomic E-state index is 0.00736. The molecule has 0 aromatic carbocycles. The molecule has 1 N–H and O–H groups in total. The summed E-state index contributed by atoms with van der Waals surface area (Å²) >= 11 is 0. The van der Waals surface area contributed by atoms with E-state index < -0.39 is 11.9 Å². The number of amides is 1. The zero-order chi connectivity index (χ0) is 12.7. The molecule has 17 heavy (non-hydrogen) atoms. The number of hydrogen-bond donors (Lipinski definition) is 1. The Balaban J connectivity index is 2.43. The van der Waals surface area contributed by atoms with E-state index in [4.69, 9.17) is 0 Å². The maximum Gasteiger partial charge on any atom is 0.255 e. The average molecular weight is 238 g/mol. The van der Waals surface area contributed by atoms with Crippen molar-refractivity contribution >= 4 is 5.91 Å². The second-order valence-electron chi connectivity index (χ2n) is 3.62. The number of hydrogen-bond acceptors (Lipinski definition) is 3. The van der Waals surface area contributed by atoms with Gasteiger partial charge in [-0.2, -0.15) is 4.39 Å². The summed E-state index contributed by atoms with van der Waals surface area (Å²) in [6.07, 6.45) is 1.32. The lowest BCUT2D eigenvalue weighted by atomic mass is 10.2. The molecule has 0 fully saturated rings. The maximum atomic E-state index is 13.2. The molecule has 1 aromatic rings. The molecule has 0 spiro atoms. The Labute approximate surface area is 101 Å². The molecule has 0 unspecified atom stereocenters. The van der Waals surface area contributed by atoms with Crippen molar-refractivity contribution < 1.29 is 9.18 Å². The number of pyridine rings is 1. The highest BCUT2D eigenvalue weighted by atomic mass is 18.2. The Hall–Kier alpha value is -1.49. The fraction of sp³-hybridized carbons (Fsp3) is 0.500. The van der Waals surface area contributed by atoms with Crippen molar-refractivity contribution in [2.75, 3.05) is 26.2 Å². The summed E-state index contributed by atoms with van der Waals surface area (Å²) in [4.78, 5) is 17.2. The molecular weight excluding hydrogens is 220 g/mol. The predicted octanol–water partition coefficient (Wildman–Crippen LogP) is 1.29. The SMILES string of the molecule is CCN(CC)CCNC(=O)c1cccnc1[18F]. The first-order valence-corrected chi connectivity index (χ1v) is 5.80. The number of rotatable bonds is 6. The van der Waals surface area contributed by atoms with Gasteiger partial charge in [0.05, 0.1) is 5.56 Å². The number of nitrogens with zero attached hydrogens (tertiary/aromatic N) is 2. The van der Waals surface area contributed by atoms with Crippen LogP contribution in [-0.4, -0.2) is 42.0 Å². The lowest BCUT2D eigenvalue weighted by molar-refractivity contribution is 0.0944. The topological polar surface area (TPSA) is 45.2 Å². The molecule has 1 rings (SSSR count). The van der Waals surface area contributed by atoms with Crippen LogP contribution in [-0.2, 0) is 0 Å². The molecule has 0 aliphatic rings. The molecular formula is C12H18FN3O. The molecule has 0 atom stereocenters. The van der Waals surface area contributed by atoms with E-state index in [1.165, 1.54) is 12.3 Å². The van der Waals surface area contributed by atoms with Crippen LogP contribution in [0.1, 0.15) is 24.2 Å². The van der Waals surface area contributed by atoms with Crippen molar-refractivity contribution in [3.63, 3.8) is 0 Å². The van der Waals surface area contributed by atoms with Crippen LogP contribution in [0.15, 0.2) is 18.3 Å². The maximum absolute atomic E-state index is 13.2. The van der Waals surface area contributed by atoms with E-state index in [-0.39, 0.29) is 5.56 Å². The van der Waals surface area contributed by atoms with Gasteiger partial charge in [0.15, 0.2) is 0 Å². The predicted molar refractivity (Wildman–Crippen MR) is 64.3 cm³/mol. The van der Waals surface area contributed by atoms with Gasteiger partial charge in [0.1, 0.15) is 0 Å². The Kier molecular flexibility index (Phi) is 5.56. The standard InChI is InChI=1S/C12H18FN3O/c1-3-16(4-2)9-8-15-12(17)10-6-5-7-14-11(10)13/h5-7H,3-4,8-9H2,1-2H3,(H,15,17)/i13-1. The summed E-state index contributed by atoms with van der Waals surface area (Å²) in [7, 11) is 0. The van der Waals surface area contributed by atoms with E-state index in [1.54, 1.807) is 6.07 Å². The first-order valence-electron chi connectivity index (χ1n) is 5.80. The fourth-order valence-corrected chi connectivity index (χ4v) is 1.52. The highest BCUT2D eigenvalue weighted by Crippen LogP contribution is 2.02. The second-order valence-corrected chi connectivity index (χ2v) is 3.62. The lowest BCUT2D eigenvalue weighted by Crippen LogP contribution is -2.35. The molecule has 94 valence electrons. The summed E-state index contributed by atoms with van der Waals surface area (Å²) in [6.45, 7) is 7.27. The van der Waals surface area contributed by atoms with Crippen molar-refractivity contribution in [1.29, 1.82) is 0 Å². The van der Waals surface area contributed by atoms with Gasteiger partial charge in [-0.05, 0) is 25.2 Å². The minimum Gasteiger partial charge on any atom is -0.351 e. The van der Waals surface area contributed by atoms with Crippen LogP contribution in [0.4, 0.5) is 4.39 Å². The summed E-state index contributed by atoms with van der Waals surface area (Å²) in [6, 6.07) is 2.97. The van der Waals surface area contributed by atoms with Crippen LogP contribution in [0.2, 0.25) is 0 Å². The Bertz CT molecular complexity index is 367. The normalized spacial score (nSPS) is 10.6. The molecule has 0 radical (unpaired) electrons. The summed E-state index contributed by atoms with van der Waals surface area (Å²) in [5.74, 6) is -1.14. The first kappa shape index (κ1) is 13.6. The molecule has 0 saturated heterocycles. The van der Waals surface area contributed by atoms with Crippen molar-refractivity contribution in [3.05, 3.63) is 29.8 Å². The molecule has 0 bridgehead atoms. The van der Waals surface area contributed by atoms with E-state index in [0.29, 0.717) is 6.54 Å². The van der Waals surface area contributed by atoms with Crippen LogP contribution in [0.3, 0.4) is 0 Å². The van der Waals surface area contributed by atoms with Crippen LogP contribution >= 0.6 is 0 Å². The molecule has 4 nitrogen and oxygen atoms in total. The van der Waals surface area contributed by atoms with Crippen LogP contribution < -0.4 is 5.32 Å². The quantitative estimate of drug-likeness (QED) is 0.760. The van der Waals surface area contributed by atoms with Gasteiger partial charge in [0.25, 0.3) is 5.91 Å². The van der Waals surface area contributed by atoms with Gasteiger partial charge in [-0.3, -0.25) is 4.79 Å². The van der Waals surface area contributed by atoms with Crippen molar-refractivity contribution in [2.45, 2.75) is 13.8 Å². The van der Waals surface area contributed by atoms with E-state index in [1.807, 2.05) is 0 Å². The van der Waals surface area contributed by atoms with Crippen LogP contribution in [0.5, 0.6) is 0 Å². The fourth-order valence-electron chi connectivity index (χ4n) is 1.52. The van der Waals surface area contributed by atoms with E-state index in [0.717, 1.165) is 19.6 Å². The smallest absolute Gasteiger partial charge is 0.255 e. The third kappa shape index (κ3) is 4.11. The first-order chi connectivity index (χ1) is 8.19. The summed E-state index contributed by atoms with van der Waals surface area (Å²) in [5.41, 5.74) is -0.00736. The molecule has 1 heterocycles. The van der Waals surface area contributed by atoms with Gasteiger partial charge in [0.2, 0.25) is 5.95 Å². The molecule has 1 amide bonds. The van der Waals surface area contributed by atoms with Gasteiger partial charge >= 0.3 is 0 Å². The average Bonchev–Trinajstić information content (AvgIpc) is 2.35. The third-order valence-corrected chi connectivity index (χ3v) is 2.61. The molecule has 1 aromatic heterocycles. The summed E-state index contributed by atoms with van der Waals surface area (Å²) < 4.78 is 13.2. The van der Waals surface area contributed by atoms with Crippen LogP contribution in [0, 0.1) is 5.95 Å². The Morgan fingerprint density at radius 2 is 2.18 bits per heavy atom. The molecule has 5 heteroatoms. The molecule has 0 aliphatic carbocycles. The number of carbonyl (C=O) groups is 1.